The molecule has 0 N–H and O–H groups in total. The zero-order valence-corrected chi connectivity index (χ0v) is 9.34. The van der Waals surface area contributed by atoms with Crippen molar-refractivity contribution >= 4 is 40.1 Å². The molecule has 1 aromatic rings. The van der Waals surface area contributed by atoms with E-state index in [-0.39, 0.29) is 5.12 Å². The van der Waals surface area contributed by atoms with E-state index in [1.807, 2.05) is 0 Å². The molecule has 13 heavy (non-hydrogen) atoms. The molecule has 0 saturated heterocycles. The lowest BCUT2D eigenvalue weighted by Gasteiger charge is -2.02. The summed E-state index contributed by atoms with van der Waals surface area (Å²) in [5.74, 6) is 0.578. The highest BCUT2D eigenvalue weighted by molar-refractivity contribution is 8.12. The summed E-state index contributed by atoms with van der Waals surface area (Å²) in [6.07, 6.45) is 0. The Hall–Kier alpha value is -0.180. The molecule has 0 radical (unpaired) electrons. The number of hydrogen-bond donors (Lipinski definition) is 0. The van der Waals surface area contributed by atoms with Crippen molar-refractivity contribution in [2.24, 2.45) is 0 Å². The van der Waals surface area contributed by atoms with Gasteiger partial charge in [0.25, 0.3) is 0 Å². The summed E-state index contributed by atoms with van der Waals surface area (Å²) in [7, 11) is 0. The van der Waals surface area contributed by atoms with Crippen molar-refractivity contribution in [3.63, 3.8) is 0 Å². The molecule has 0 saturated carbocycles. The van der Waals surface area contributed by atoms with Crippen molar-refractivity contribution in [3.8, 4) is 0 Å². The topological polar surface area (TPSA) is 17.1 Å². The van der Waals surface area contributed by atoms with E-state index in [4.69, 9.17) is 23.2 Å². The van der Waals surface area contributed by atoms with Crippen molar-refractivity contribution in [1.29, 1.82) is 0 Å². The van der Waals surface area contributed by atoms with Crippen LogP contribution in [0.2, 0.25) is 10.0 Å². The third-order valence-electron chi connectivity index (χ3n) is 1.44. The molecule has 0 amide bonds. The number of benzene rings is 1. The van der Waals surface area contributed by atoms with E-state index in [9.17, 15) is 4.79 Å². The maximum Gasteiger partial charge on any atom is 0.186 e. The van der Waals surface area contributed by atoms with Gasteiger partial charge in [0.2, 0.25) is 0 Å². The number of halogens is 2. The average Bonchev–Trinajstić information content (AvgIpc) is 2.06. The SMILES string of the molecule is CC(=O)SCc1cc(Cl)ccc1Cl. The van der Waals surface area contributed by atoms with Gasteiger partial charge in [-0.05, 0) is 23.8 Å². The van der Waals surface area contributed by atoms with Gasteiger partial charge < -0.3 is 0 Å². The van der Waals surface area contributed by atoms with E-state index < -0.39 is 0 Å². The predicted molar refractivity (Wildman–Crippen MR) is 58.4 cm³/mol. The highest BCUT2D eigenvalue weighted by atomic mass is 35.5. The van der Waals surface area contributed by atoms with E-state index in [2.05, 4.69) is 0 Å². The molecule has 0 atom stereocenters. The number of rotatable bonds is 2. The second-order valence-corrected chi connectivity index (χ2v) is 4.51. The molecule has 0 unspecified atom stereocenters. The molecule has 4 heteroatoms. The molecule has 70 valence electrons. The quantitative estimate of drug-likeness (QED) is 0.776. The lowest BCUT2D eigenvalue weighted by molar-refractivity contribution is -0.109. The highest BCUT2D eigenvalue weighted by Crippen LogP contribution is 2.24. The number of carbonyl (C=O) groups is 1. The van der Waals surface area contributed by atoms with Gasteiger partial charge in [0, 0.05) is 22.7 Å². The molecule has 0 fully saturated rings. The van der Waals surface area contributed by atoms with E-state index in [0.717, 1.165) is 5.56 Å². The van der Waals surface area contributed by atoms with Gasteiger partial charge in [-0.15, -0.1) is 0 Å². The largest absolute Gasteiger partial charge is 0.288 e. The first-order valence-corrected chi connectivity index (χ1v) is 5.41. The summed E-state index contributed by atoms with van der Waals surface area (Å²) in [6.45, 7) is 1.53. The van der Waals surface area contributed by atoms with Crippen LogP contribution in [0.4, 0.5) is 0 Å². The lowest BCUT2D eigenvalue weighted by atomic mass is 10.2. The Balaban J connectivity index is 2.75. The van der Waals surface area contributed by atoms with Gasteiger partial charge >= 0.3 is 0 Å². The minimum Gasteiger partial charge on any atom is -0.288 e. The van der Waals surface area contributed by atoms with Crippen molar-refractivity contribution in [3.05, 3.63) is 33.8 Å². The van der Waals surface area contributed by atoms with Crippen LogP contribution in [-0.2, 0) is 10.5 Å². The minimum absolute atomic E-state index is 0.0797. The van der Waals surface area contributed by atoms with Crippen molar-refractivity contribution in [2.45, 2.75) is 12.7 Å². The molecule has 0 spiro atoms. The van der Waals surface area contributed by atoms with Crippen LogP contribution in [0.5, 0.6) is 0 Å². The fraction of sp³-hybridized carbons (Fsp3) is 0.222. The Morgan fingerprint density at radius 3 is 2.77 bits per heavy atom. The number of carbonyl (C=O) groups excluding carboxylic acids is 1. The summed E-state index contributed by atoms with van der Waals surface area (Å²) in [6, 6.07) is 5.24. The zero-order valence-electron chi connectivity index (χ0n) is 7.01. The van der Waals surface area contributed by atoms with Gasteiger partial charge in [-0.2, -0.15) is 0 Å². The number of thioether (sulfide) groups is 1. The van der Waals surface area contributed by atoms with Crippen LogP contribution in [-0.4, -0.2) is 5.12 Å². The van der Waals surface area contributed by atoms with E-state index in [1.165, 1.54) is 18.7 Å². The van der Waals surface area contributed by atoms with Crippen LogP contribution in [0.15, 0.2) is 18.2 Å². The maximum absolute atomic E-state index is 10.7. The minimum atomic E-state index is 0.0797. The summed E-state index contributed by atoms with van der Waals surface area (Å²) in [4.78, 5) is 10.7. The van der Waals surface area contributed by atoms with Crippen LogP contribution in [0, 0.1) is 0 Å². The molecule has 0 heterocycles. The van der Waals surface area contributed by atoms with Gasteiger partial charge in [0.1, 0.15) is 0 Å². The van der Waals surface area contributed by atoms with Crippen LogP contribution in [0.3, 0.4) is 0 Å². The summed E-state index contributed by atoms with van der Waals surface area (Å²) < 4.78 is 0. The molecular formula is C9H8Cl2OS. The first-order chi connectivity index (χ1) is 6.09. The Labute approximate surface area is 91.4 Å². The van der Waals surface area contributed by atoms with Crippen molar-refractivity contribution in [2.75, 3.05) is 0 Å². The highest BCUT2D eigenvalue weighted by Gasteiger charge is 2.02. The molecule has 0 aromatic heterocycles. The van der Waals surface area contributed by atoms with Gasteiger partial charge in [-0.1, -0.05) is 35.0 Å². The molecular weight excluding hydrogens is 227 g/mol. The Morgan fingerprint density at radius 1 is 1.46 bits per heavy atom. The van der Waals surface area contributed by atoms with Crippen molar-refractivity contribution < 1.29 is 4.79 Å². The van der Waals surface area contributed by atoms with E-state index in [0.29, 0.717) is 15.8 Å². The fourth-order valence-corrected chi connectivity index (χ4v) is 1.89. The molecule has 1 rings (SSSR count). The van der Waals surface area contributed by atoms with Crippen LogP contribution >= 0.6 is 35.0 Å². The van der Waals surface area contributed by atoms with Crippen LogP contribution in [0.1, 0.15) is 12.5 Å². The smallest absolute Gasteiger partial charge is 0.186 e. The Morgan fingerprint density at radius 2 is 2.15 bits per heavy atom. The maximum atomic E-state index is 10.7. The van der Waals surface area contributed by atoms with Crippen LogP contribution in [0.25, 0.3) is 0 Å². The molecule has 0 aliphatic heterocycles. The van der Waals surface area contributed by atoms with E-state index in [1.54, 1.807) is 18.2 Å². The van der Waals surface area contributed by atoms with Crippen LogP contribution < -0.4 is 0 Å². The monoisotopic (exact) mass is 234 g/mol. The number of hydrogen-bond acceptors (Lipinski definition) is 2. The normalized spacial score (nSPS) is 10.1. The molecule has 1 aromatic carbocycles. The first-order valence-electron chi connectivity index (χ1n) is 3.67. The Kier molecular flexibility index (Phi) is 4.10. The summed E-state index contributed by atoms with van der Waals surface area (Å²) in [5, 5.41) is 1.37. The fourth-order valence-electron chi connectivity index (χ4n) is 0.833. The summed E-state index contributed by atoms with van der Waals surface area (Å²) >= 11 is 12.9. The van der Waals surface area contributed by atoms with E-state index >= 15 is 0 Å². The third kappa shape index (κ3) is 3.59. The predicted octanol–water partition coefficient (Wildman–Crippen LogP) is 3.77. The van der Waals surface area contributed by atoms with Gasteiger partial charge in [0.15, 0.2) is 5.12 Å². The second-order valence-electron chi connectivity index (χ2n) is 2.52. The Bertz CT molecular complexity index is 325. The van der Waals surface area contributed by atoms with Crippen molar-refractivity contribution in [1.82, 2.24) is 0 Å². The first kappa shape index (κ1) is 10.9. The standard InChI is InChI=1S/C9H8Cl2OS/c1-6(12)13-5-7-4-8(10)2-3-9(7)11/h2-4H,5H2,1H3. The lowest BCUT2D eigenvalue weighted by Crippen LogP contribution is -1.86. The van der Waals surface area contributed by atoms with Gasteiger partial charge in [0.05, 0.1) is 0 Å². The molecule has 0 aliphatic rings. The third-order valence-corrected chi connectivity index (χ3v) is 2.90. The summed E-state index contributed by atoms with van der Waals surface area (Å²) in [5.41, 5.74) is 0.898. The van der Waals surface area contributed by atoms with Gasteiger partial charge in [-0.3, -0.25) is 4.79 Å². The molecule has 1 nitrogen and oxygen atoms in total. The molecule has 0 aliphatic carbocycles. The zero-order chi connectivity index (χ0) is 9.84. The van der Waals surface area contributed by atoms with Gasteiger partial charge in [-0.25, -0.2) is 0 Å². The average molecular weight is 235 g/mol. The molecule has 0 bridgehead atoms. The second kappa shape index (κ2) is 4.89.